The summed E-state index contributed by atoms with van der Waals surface area (Å²) >= 11 is 0. The summed E-state index contributed by atoms with van der Waals surface area (Å²) in [5, 5.41) is 28.6. The Morgan fingerprint density at radius 3 is 0.949 bits per heavy atom. The Kier molecular flexibility index (Phi) is 14.2. The van der Waals surface area contributed by atoms with E-state index < -0.39 is 0 Å². The van der Waals surface area contributed by atoms with Crippen molar-refractivity contribution < 1.29 is 20.1 Å². The fraction of sp³-hybridized carbons (Fsp3) is 0.118. The van der Waals surface area contributed by atoms with E-state index >= 15 is 0 Å². The van der Waals surface area contributed by atoms with Gasteiger partial charge < -0.3 is 26.8 Å². The molecule has 0 spiro atoms. The first-order valence-corrected chi connectivity index (χ1v) is 19.1. The zero-order valence-electron chi connectivity index (χ0n) is 33.7. The Balaban J connectivity index is 0.000000209. The number of para-hydroxylation sites is 3. The highest BCUT2D eigenvalue weighted by Crippen LogP contribution is 2.34. The van der Waals surface area contributed by atoms with Crippen molar-refractivity contribution in [2.75, 3.05) is 11.5 Å². The first kappa shape index (κ1) is 42.7. The molecule has 8 heteroatoms. The molecule has 0 aliphatic rings. The molecule has 298 valence electrons. The highest BCUT2D eigenvalue weighted by Gasteiger charge is 2.24. The summed E-state index contributed by atoms with van der Waals surface area (Å²) in [6.07, 6.45) is 3.96. The van der Waals surface area contributed by atoms with Gasteiger partial charge in [0, 0.05) is 45.8 Å². The van der Waals surface area contributed by atoms with Crippen molar-refractivity contribution in [2.45, 2.75) is 38.5 Å². The number of nitrogen functional groups attached to an aromatic ring is 2. The van der Waals surface area contributed by atoms with E-state index in [-0.39, 0.29) is 28.1 Å². The summed E-state index contributed by atoms with van der Waals surface area (Å²) in [5.74, 6) is 0.465. The summed E-state index contributed by atoms with van der Waals surface area (Å²) in [7, 11) is 0. The monoisotopic (exact) mass is 782 g/mol. The number of hydrogen-bond donors (Lipinski definition) is 5. The average molecular weight is 783 g/mol. The lowest BCUT2D eigenvalue weighted by molar-refractivity contribution is 0.112. The van der Waals surface area contributed by atoms with Crippen LogP contribution in [0.1, 0.15) is 71.4 Å². The Morgan fingerprint density at radius 2 is 0.678 bits per heavy atom. The van der Waals surface area contributed by atoms with Crippen molar-refractivity contribution in [3.8, 4) is 17.2 Å². The summed E-state index contributed by atoms with van der Waals surface area (Å²) in [4.78, 5) is 19.0. The number of carbonyl (C=O) groups excluding carboxylic acids is 1. The second-order valence-electron chi connectivity index (χ2n) is 14.9. The van der Waals surface area contributed by atoms with Gasteiger partial charge >= 0.3 is 0 Å². The van der Waals surface area contributed by atoms with Crippen LogP contribution < -0.4 is 11.5 Å². The minimum atomic E-state index is -0.195. The molecule has 7 rings (SSSR count). The summed E-state index contributed by atoms with van der Waals surface area (Å²) in [5.41, 5.74) is 21.0. The van der Waals surface area contributed by atoms with E-state index in [1.165, 1.54) is 28.3 Å². The van der Waals surface area contributed by atoms with Crippen molar-refractivity contribution in [1.82, 2.24) is 0 Å². The van der Waals surface area contributed by atoms with Crippen LogP contribution in [0.15, 0.2) is 180 Å². The van der Waals surface area contributed by atoms with Gasteiger partial charge in [0.15, 0.2) is 6.29 Å². The molecule has 59 heavy (non-hydrogen) atoms. The molecule has 0 heterocycles. The van der Waals surface area contributed by atoms with Gasteiger partial charge in [-0.05, 0) is 107 Å². The molecule has 0 unspecified atom stereocenters. The fourth-order valence-corrected chi connectivity index (χ4v) is 6.13. The molecule has 0 amide bonds. The number of hydrogen-bond acceptors (Lipinski definition) is 8. The van der Waals surface area contributed by atoms with Crippen LogP contribution in [0.5, 0.6) is 17.2 Å². The molecule has 0 fully saturated rings. The maximum Gasteiger partial charge on any atom is 0.153 e. The lowest BCUT2D eigenvalue weighted by Crippen LogP contribution is -2.18. The number of aliphatic imine (C=N–C) groups is 2. The molecule has 0 aliphatic carbocycles. The Hall–Kier alpha value is -7.45. The lowest BCUT2D eigenvalue weighted by Gasteiger charge is -2.26. The van der Waals surface area contributed by atoms with Crippen LogP contribution in [0.3, 0.4) is 0 Å². The minimum Gasteiger partial charge on any atom is -0.507 e. The normalized spacial score (nSPS) is 11.3. The van der Waals surface area contributed by atoms with Crippen molar-refractivity contribution >= 4 is 41.5 Å². The number of carbonyl (C=O) groups is 1. The standard InChI is InChI=1S/C29H26N2O2.C15H18N2.C7H6O2/c1-29(2,23-11-15-25(16-12-23)30-19-21-7-3-5-9-27(21)32)24-13-17-26(18-14-24)31-20-22-8-4-6-10-28(22)33;1-15(2,11-3-7-13(16)8-4-11)12-5-9-14(17)10-6-12;8-5-6-3-1-2-4-7(6)9/h3-20,32-33H,1-2H3;3-10H,16-17H2,1-2H3;1-5,9H. The van der Waals surface area contributed by atoms with Crippen LogP contribution in [0.2, 0.25) is 0 Å². The highest BCUT2D eigenvalue weighted by molar-refractivity contribution is 5.86. The molecule has 7 aromatic rings. The van der Waals surface area contributed by atoms with Crippen molar-refractivity contribution in [2.24, 2.45) is 9.98 Å². The zero-order valence-corrected chi connectivity index (χ0v) is 33.7. The van der Waals surface area contributed by atoms with Crippen molar-refractivity contribution in [3.63, 3.8) is 0 Å². The third kappa shape index (κ3) is 11.6. The minimum absolute atomic E-state index is 0.0347. The predicted molar refractivity (Wildman–Crippen MR) is 243 cm³/mol. The van der Waals surface area contributed by atoms with Gasteiger partial charge in [0.25, 0.3) is 0 Å². The first-order chi connectivity index (χ1) is 28.3. The van der Waals surface area contributed by atoms with Crippen LogP contribution in [-0.2, 0) is 10.8 Å². The van der Waals surface area contributed by atoms with E-state index in [1.54, 1.807) is 54.9 Å². The molecule has 7 N–H and O–H groups in total. The number of phenols is 3. The van der Waals surface area contributed by atoms with Crippen LogP contribution in [0.25, 0.3) is 0 Å². The third-order valence-corrected chi connectivity index (χ3v) is 10.1. The number of benzene rings is 7. The average Bonchev–Trinajstić information content (AvgIpc) is 3.24. The van der Waals surface area contributed by atoms with E-state index in [4.69, 9.17) is 16.6 Å². The van der Waals surface area contributed by atoms with E-state index in [0.29, 0.717) is 23.0 Å². The second kappa shape index (κ2) is 19.6. The smallest absolute Gasteiger partial charge is 0.153 e. The Morgan fingerprint density at radius 1 is 0.407 bits per heavy atom. The molecule has 7 aromatic carbocycles. The third-order valence-electron chi connectivity index (χ3n) is 10.1. The van der Waals surface area contributed by atoms with Crippen LogP contribution in [0.4, 0.5) is 22.7 Å². The lowest BCUT2D eigenvalue weighted by atomic mass is 9.78. The Bertz CT molecular complexity index is 2340. The molecule has 0 aliphatic heterocycles. The molecular weight excluding hydrogens is 733 g/mol. The quantitative estimate of drug-likeness (QED) is 0.0558. The number of phenolic OH excluding ortho intramolecular Hbond substituents is 3. The largest absolute Gasteiger partial charge is 0.507 e. The van der Waals surface area contributed by atoms with Crippen molar-refractivity contribution in [1.29, 1.82) is 0 Å². The molecule has 0 atom stereocenters. The maximum absolute atomic E-state index is 10.1. The van der Waals surface area contributed by atoms with Gasteiger partial charge in [-0.2, -0.15) is 0 Å². The number of aldehydes is 1. The van der Waals surface area contributed by atoms with Gasteiger partial charge in [0.1, 0.15) is 17.2 Å². The number of anilines is 2. The van der Waals surface area contributed by atoms with Gasteiger partial charge in [0.05, 0.1) is 16.9 Å². The summed E-state index contributed by atoms with van der Waals surface area (Å²) < 4.78 is 0. The van der Waals surface area contributed by atoms with Crippen LogP contribution >= 0.6 is 0 Å². The molecule has 0 radical (unpaired) electrons. The molecule has 0 saturated carbocycles. The van der Waals surface area contributed by atoms with E-state index in [1.807, 2.05) is 72.8 Å². The number of nitrogens with two attached hydrogens (primary N) is 2. The maximum atomic E-state index is 10.1. The van der Waals surface area contributed by atoms with Crippen molar-refractivity contribution in [3.05, 3.63) is 209 Å². The molecule has 8 nitrogen and oxygen atoms in total. The van der Waals surface area contributed by atoms with Crippen LogP contribution in [-0.4, -0.2) is 34.0 Å². The number of aromatic hydroxyl groups is 3. The van der Waals surface area contributed by atoms with E-state index in [9.17, 15) is 15.0 Å². The Labute approximate surface area is 346 Å². The van der Waals surface area contributed by atoms with Gasteiger partial charge in [-0.3, -0.25) is 14.8 Å². The van der Waals surface area contributed by atoms with E-state index in [0.717, 1.165) is 22.7 Å². The molecule has 0 aromatic heterocycles. The molecular formula is C51H50N4O4. The second-order valence-corrected chi connectivity index (χ2v) is 14.9. The van der Waals surface area contributed by atoms with Gasteiger partial charge in [0.2, 0.25) is 0 Å². The first-order valence-electron chi connectivity index (χ1n) is 19.1. The van der Waals surface area contributed by atoms with Gasteiger partial charge in [-0.1, -0.05) is 113 Å². The zero-order chi connectivity index (χ0) is 42.4. The summed E-state index contributed by atoms with van der Waals surface area (Å²) in [6.45, 7) is 8.77. The number of rotatable bonds is 9. The summed E-state index contributed by atoms with van der Waals surface area (Å²) in [6, 6.07) is 53.0. The van der Waals surface area contributed by atoms with Gasteiger partial charge in [-0.25, -0.2) is 0 Å². The molecule has 0 bridgehead atoms. The van der Waals surface area contributed by atoms with Gasteiger partial charge in [-0.15, -0.1) is 0 Å². The fourth-order valence-electron chi connectivity index (χ4n) is 6.13. The van der Waals surface area contributed by atoms with E-state index in [2.05, 4.69) is 86.2 Å². The SMILES string of the molecule is CC(C)(c1ccc(N)cc1)c1ccc(N)cc1.CC(C)(c1ccc(N=Cc2ccccc2O)cc1)c1ccc(N=Cc2ccccc2O)cc1.O=Cc1ccccc1O. The predicted octanol–water partition coefficient (Wildman–Crippen LogP) is 11.3. The highest BCUT2D eigenvalue weighted by atomic mass is 16.3. The van der Waals surface area contributed by atoms with Crippen LogP contribution in [0, 0.1) is 0 Å². The number of nitrogens with zero attached hydrogens (tertiary/aromatic N) is 2. The molecule has 0 saturated heterocycles. The topological polar surface area (TPSA) is 155 Å².